The molecule has 1 unspecified atom stereocenters. The molecule has 138 valence electrons. The lowest BCUT2D eigenvalue weighted by molar-refractivity contribution is -0.144. The summed E-state index contributed by atoms with van der Waals surface area (Å²) >= 11 is 0. The zero-order valence-corrected chi connectivity index (χ0v) is 15.7. The average molecular weight is 335 g/mol. The summed E-state index contributed by atoms with van der Waals surface area (Å²) < 4.78 is 0. The fraction of sp³-hybridized carbons (Fsp3) is 0.864. The molecule has 2 fully saturated rings. The SMILES string of the molecule is C=CCC(C(=O)O)C1CCC(C2CCC(CCCCC)CC2)CC1. The molecule has 0 aliphatic heterocycles. The molecular weight excluding hydrogens is 296 g/mol. The Morgan fingerprint density at radius 1 is 1.04 bits per heavy atom. The molecule has 0 aromatic carbocycles. The summed E-state index contributed by atoms with van der Waals surface area (Å²) in [6.07, 6.45) is 18.5. The van der Waals surface area contributed by atoms with Gasteiger partial charge in [-0.15, -0.1) is 6.58 Å². The first-order valence-electron chi connectivity index (χ1n) is 10.5. The van der Waals surface area contributed by atoms with Crippen LogP contribution in [0.25, 0.3) is 0 Å². The van der Waals surface area contributed by atoms with Crippen LogP contribution in [-0.4, -0.2) is 11.1 Å². The summed E-state index contributed by atoms with van der Waals surface area (Å²) in [6.45, 7) is 6.03. The summed E-state index contributed by atoms with van der Waals surface area (Å²) in [5, 5.41) is 9.44. The first kappa shape index (κ1) is 19.5. The van der Waals surface area contributed by atoms with Crippen molar-refractivity contribution < 1.29 is 9.90 Å². The lowest BCUT2D eigenvalue weighted by atomic mass is 9.66. The maximum absolute atomic E-state index is 11.5. The summed E-state index contributed by atoms with van der Waals surface area (Å²) in [6, 6.07) is 0. The molecule has 0 spiro atoms. The van der Waals surface area contributed by atoms with Crippen LogP contribution in [0.3, 0.4) is 0 Å². The highest BCUT2D eigenvalue weighted by Gasteiger charge is 2.34. The first-order valence-corrected chi connectivity index (χ1v) is 10.5. The highest BCUT2D eigenvalue weighted by Crippen LogP contribution is 2.44. The molecule has 24 heavy (non-hydrogen) atoms. The summed E-state index contributed by atoms with van der Waals surface area (Å²) in [5.74, 6) is 2.35. The van der Waals surface area contributed by atoms with E-state index in [0.29, 0.717) is 12.3 Å². The molecule has 2 rings (SSSR count). The lowest BCUT2D eigenvalue weighted by Gasteiger charge is -2.39. The highest BCUT2D eigenvalue weighted by molar-refractivity contribution is 5.70. The second-order valence-corrected chi connectivity index (χ2v) is 8.42. The van der Waals surface area contributed by atoms with Gasteiger partial charge in [-0.1, -0.05) is 51.5 Å². The Morgan fingerprint density at radius 3 is 2.12 bits per heavy atom. The maximum atomic E-state index is 11.5. The van der Waals surface area contributed by atoms with E-state index in [1.54, 1.807) is 6.08 Å². The third-order valence-corrected chi connectivity index (χ3v) is 6.90. The number of rotatable bonds is 9. The minimum atomic E-state index is -0.620. The van der Waals surface area contributed by atoms with Crippen LogP contribution in [0.15, 0.2) is 12.7 Å². The normalized spacial score (nSPS) is 32.2. The van der Waals surface area contributed by atoms with Gasteiger partial charge in [0.2, 0.25) is 0 Å². The van der Waals surface area contributed by atoms with Crippen molar-refractivity contribution in [3.63, 3.8) is 0 Å². The molecule has 0 bridgehead atoms. The van der Waals surface area contributed by atoms with Crippen molar-refractivity contribution in [3.05, 3.63) is 12.7 Å². The van der Waals surface area contributed by atoms with Gasteiger partial charge >= 0.3 is 5.97 Å². The molecule has 1 atom stereocenters. The number of unbranched alkanes of at least 4 members (excludes halogenated alkanes) is 2. The van der Waals surface area contributed by atoms with Gasteiger partial charge in [0, 0.05) is 0 Å². The third-order valence-electron chi connectivity index (χ3n) is 6.90. The predicted molar refractivity (Wildman–Crippen MR) is 101 cm³/mol. The predicted octanol–water partition coefficient (Wildman–Crippen LogP) is 6.46. The number of carboxylic acid groups (broad SMARTS) is 1. The van der Waals surface area contributed by atoms with Gasteiger partial charge in [0.15, 0.2) is 0 Å². The van der Waals surface area contributed by atoms with Gasteiger partial charge in [-0.2, -0.15) is 0 Å². The molecule has 0 radical (unpaired) electrons. The van der Waals surface area contributed by atoms with Crippen molar-refractivity contribution >= 4 is 5.97 Å². The van der Waals surface area contributed by atoms with E-state index in [2.05, 4.69) is 13.5 Å². The zero-order valence-electron chi connectivity index (χ0n) is 15.7. The van der Waals surface area contributed by atoms with Crippen molar-refractivity contribution in [3.8, 4) is 0 Å². The van der Waals surface area contributed by atoms with Crippen molar-refractivity contribution in [2.75, 3.05) is 0 Å². The monoisotopic (exact) mass is 334 g/mol. The summed E-state index contributed by atoms with van der Waals surface area (Å²) in [4.78, 5) is 11.5. The van der Waals surface area contributed by atoms with E-state index < -0.39 is 5.97 Å². The molecule has 0 aromatic heterocycles. The average Bonchev–Trinajstić information content (AvgIpc) is 2.60. The van der Waals surface area contributed by atoms with Gasteiger partial charge in [-0.3, -0.25) is 4.79 Å². The fourth-order valence-corrected chi connectivity index (χ4v) is 5.32. The number of carbonyl (C=O) groups is 1. The van der Waals surface area contributed by atoms with E-state index >= 15 is 0 Å². The van der Waals surface area contributed by atoms with Crippen LogP contribution >= 0.6 is 0 Å². The third kappa shape index (κ3) is 5.63. The molecule has 2 saturated carbocycles. The fourth-order valence-electron chi connectivity index (χ4n) is 5.32. The summed E-state index contributed by atoms with van der Waals surface area (Å²) in [7, 11) is 0. The van der Waals surface area contributed by atoms with E-state index in [-0.39, 0.29) is 5.92 Å². The Bertz CT molecular complexity index is 373. The Labute approximate surface area is 149 Å². The molecule has 2 heteroatoms. The number of hydrogen-bond acceptors (Lipinski definition) is 1. The molecule has 2 aliphatic carbocycles. The van der Waals surface area contributed by atoms with Crippen molar-refractivity contribution in [2.45, 2.75) is 90.4 Å². The standard InChI is InChI=1S/C22H38O2/c1-3-5-6-8-17-9-11-18(12-10-17)19-13-15-20(16-14-19)21(7-4-2)22(23)24/h4,17-21H,2-3,5-16H2,1H3,(H,23,24). The Kier molecular flexibility index (Phi) is 8.35. The zero-order chi connectivity index (χ0) is 17.4. The summed E-state index contributed by atoms with van der Waals surface area (Å²) in [5.41, 5.74) is 0. The number of allylic oxidation sites excluding steroid dienone is 1. The molecule has 0 amide bonds. The minimum Gasteiger partial charge on any atom is -0.481 e. The van der Waals surface area contributed by atoms with Gasteiger partial charge in [0.1, 0.15) is 0 Å². The Balaban J connectivity index is 1.71. The number of carboxylic acids is 1. The number of aliphatic carboxylic acids is 1. The van der Waals surface area contributed by atoms with Gasteiger partial charge in [0.25, 0.3) is 0 Å². The van der Waals surface area contributed by atoms with E-state index in [0.717, 1.165) is 30.6 Å². The maximum Gasteiger partial charge on any atom is 0.307 e. The second-order valence-electron chi connectivity index (χ2n) is 8.42. The van der Waals surface area contributed by atoms with E-state index in [9.17, 15) is 9.90 Å². The van der Waals surface area contributed by atoms with Gasteiger partial charge in [-0.25, -0.2) is 0 Å². The molecule has 0 aromatic rings. The van der Waals surface area contributed by atoms with Crippen molar-refractivity contribution in [1.82, 2.24) is 0 Å². The van der Waals surface area contributed by atoms with Crippen LogP contribution in [0.2, 0.25) is 0 Å². The molecule has 0 saturated heterocycles. The Hall–Kier alpha value is -0.790. The van der Waals surface area contributed by atoms with Crippen molar-refractivity contribution in [2.24, 2.45) is 29.6 Å². The van der Waals surface area contributed by atoms with Gasteiger partial charge in [-0.05, 0) is 68.6 Å². The van der Waals surface area contributed by atoms with Crippen LogP contribution in [0.5, 0.6) is 0 Å². The minimum absolute atomic E-state index is 0.197. The highest BCUT2D eigenvalue weighted by atomic mass is 16.4. The van der Waals surface area contributed by atoms with Gasteiger partial charge in [0.05, 0.1) is 5.92 Å². The van der Waals surface area contributed by atoms with E-state index in [4.69, 9.17) is 0 Å². The molecular formula is C22H38O2. The Morgan fingerprint density at radius 2 is 1.62 bits per heavy atom. The van der Waals surface area contributed by atoms with Crippen LogP contribution in [0, 0.1) is 29.6 Å². The first-order chi connectivity index (χ1) is 11.7. The van der Waals surface area contributed by atoms with E-state index in [1.165, 1.54) is 64.2 Å². The number of hydrogen-bond donors (Lipinski definition) is 1. The quantitative estimate of drug-likeness (QED) is 0.388. The van der Waals surface area contributed by atoms with Gasteiger partial charge < -0.3 is 5.11 Å². The van der Waals surface area contributed by atoms with Crippen LogP contribution in [-0.2, 0) is 4.79 Å². The van der Waals surface area contributed by atoms with Crippen molar-refractivity contribution in [1.29, 1.82) is 0 Å². The molecule has 2 nitrogen and oxygen atoms in total. The van der Waals surface area contributed by atoms with Crippen LogP contribution in [0.4, 0.5) is 0 Å². The van der Waals surface area contributed by atoms with Crippen LogP contribution < -0.4 is 0 Å². The van der Waals surface area contributed by atoms with Crippen LogP contribution in [0.1, 0.15) is 90.4 Å². The molecule has 0 heterocycles. The molecule has 1 N–H and O–H groups in total. The second kappa shape index (κ2) is 10.3. The topological polar surface area (TPSA) is 37.3 Å². The van der Waals surface area contributed by atoms with E-state index in [1.807, 2.05) is 0 Å². The molecule has 2 aliphatic rings. The smallest absolute Gasteiger partial charge is 0.307 e. The lowest BCUT2D eigenvalue weighted by Crippen LogP contribution is -2.30. The largest absolute Gasteiger partial charge is 0.481 e.